The summed E-state index contributed by atoms with van der Waals surface area (Å²) in [5.74, 6) is -0.0944. The first kappa shape index (κ1) is 17.3. The zero-order chi connectivity index (χ0) is 16.7. The standard InChI is InChI=1S/C18H27N3O2/c1-3-5-6-9-12-19-17(22)14-21-16-11-8-7-10-15(16)20(13-4-2)18(21)23/h7-8,10-11H,3-6,9,12-14H2,1-2H3,(H,19,22). The zero-order valence-electron chi connectivity index (χ0n) is 14.2. The number of carbonyl (C=O) groups excluding carboxylic acids is 1. The Kier molecular flexibility index (Phi) is 6.44. The smallest absolute Gasteiger partial charge is 0.329 e. The van der Waals surface area contributed by atoms with E-state index in [4.69, 9.17) is 0 Å². The molecule has 1 aromatic heterocycles. The predicted molar refractivity (Wildman–Crippen MR) is 93.6 cm³/mol. The molecule has 2 rings (SSSR count). The predicted octanol–water partition coefficient (Wildman–Crippen LogP) is 2.91. The number of fused-ring (bicyclic) bond motifs is 1. The van der Waals surface area contributed by atoms with Crippen LogP contribution in [0.2, 0.25) is 0 Å². The molecule has 0 fully saturated rings. The second-order valence-corrected chi connectivity index (χ2v) is 5.92. The molecule has 0 bridgehead atoms. The maximum Gasteiger partial charge on any atom is 0.329 e. The van der Waals surface area contributed by atoms with Gasteiger partial charge in [0.25, 0.3) is 0 Å². The van der Waals surface area contributed by atoms with E-state index in [0.29, 0.717) is 13.1 Å². The van der Waals surface area contributed by atoms with Crippen LogP contribution in [0.1, 0.15) is 46.0 Å². The average Bonchev–Trinajstić information content (AvgIpc) is 2.81. The van der Waals surface area contributed by atoms with Gasteiger partial charge < -0.3 is 5.32 Å². The summed E-state index contributed by atoms with van der Waals surface area (Å²) in [4.78, 5) is 24.7. The first-order chi connectivity index (χ1) is 11.2. The third kappa shape index (κ3) is 4.24. The van der Waals surface area contributed by atoms with Gasteiger partial charge in [0.05, 0.1) is 11.0 Å². The highest BCUT2D eigenvalue weighted by atomic mass is 16.2. The summed E-state index contributed by atoms with van der Waals surface area (Å²) < 4.78 is 3.33. The Morgan fingerprint density at radius 2 is 1.70 bits per heavy atom. The average molecular weight is 317 g/mol. The lowest BCUT2D eigenvalue weighted by molar-refractivity contribution is -0.121. The Labute approximate surface area is 137 Å². The monoisotopic (exact) mass is 317 g/mol. The van der Waals surface area contributed by atoms with E-state index in [9.17, 15) is 9.59 Å². The van der Waals surface area contributed by atoms with Gasteiger partial charge in [-0.2, -0.15) is 0 Å². The van der Waals surface area contributed by atoms with Crippen molar-refractivity contribution >= 4 is 16.9 Å². The Balaban J connectivity index is 2.09. The summed E-state index contributed by atoms with van der Waals surface area (Å²) in [7, 11) is 0. The van der Waals surface area contributed by atoms with Gasteiger partial charge in [0, 0.05) is 13.1 Å². The molecule has 5 heteroatoms. The minimum Gasteiger partial charge on any atom is -0.355 e. The second kappa shape index (κ2) is 8.56. The minimum atomic E-state index is -0.103. The van der Waals surface area contributed by atoms with Gasteiger partial charge in [-0.1, -0.05) is 45.2 Å². The molecule has 0 unspecified atom stereocenters. The third-order valence-corrected chi connectivity index (χ3v) is 4.03. The largest absolute Gasteiger partial charge is 0.355 e. The number of nitrogens with zero attached hydrogens (tertiary/aromatic N) is 2. The van der Waals surface area contributed by atoms with Crippen molar-refractivity contribution in [1.29, 1.82) is 0 Å². The third-order valence-electron chi connectivity index (χ3n) is 4.03. The summed E-state index contributed by atoms with van der Waals surface area (Å²) in [6.45, 7) is 5.65. The molecular weight excluding hydrogens is 290 g/mol. The summed E-state index contributed by atoms with van der Waals surface area (Å²) in [6, 6.07) is 7.66. The maximum atomic E-state index is 12.6. The maximum absolute atomic E-state index is 12.6. The number of unbranched alkanes of at least 4 members (excludes halogenated alkanes) is 3. The van der Waals surface area contributed by atoms with E-state index in [1.54, 1.807) is 9.13 Å². The number of aryl methyl sites for hydroxylation is 1. The lowest BCUT2D eigenvalue weighted by Crippen LogP contribution is -2.33. The molecule has 0 saturated heterocycles. The van der Waals surface area contributed by atoms with E-state index >= 15 is 0 Å². The number of aromatic nitrogens is 2. The number of hydrogen-bond donors (Lipinski definition) is 1. The van der Waals surface area contributed by atoms with Gasteiger partial charge in [0.2, 0.25) is 5.91 Å². The zero-order valence-corrected chi connectivity index (χ0v) is 14.2. The Hall–Kier alpha value is -2.04. The highest BCUT2D eigenvalue weighted by Gasteiger charge is 2.14. The SMILES string of the molecule is CCCCCCNC(=O)Cn1c(=O)n(CCC)c2ccccc21. The number of hydrogen-bond acceptors (Lipinski definition) is 2. The van der Waals surface area contributed by atoms with E-state index in [-0.39, 0.29) is 18.1 Å². The van der Waals surface area contributed by atoms with E-state index in [1.807, 2.05) is 31.2 Å². The Bertz CT molecular complexity index is 700. The number of nitrogens with one attached hydrogen (secondary N) is 1. The normalized spacial score (nSPS) is 11.0. The Morgan fingerprint density at radius 3 is 2.35 bits per heavy atom. The van der Waals surface area contributed by atoms with Crippen LogP contribution >= 0.6 is 0 Å². The van der Waals surface area contributed by atoms with Crippen molar-refractivity contribution < 1.29 is 4.79 Å². The van der Waals surface area contributed by atoms with Gasteiger partial charge >= 0.3 is 5.69 Å². The van der Waals surface area contributed by atoms with Crippen LogP contribution in [0.15, 0.2) is 29.1 Å². The molecule has 0 aliphatic heterocycles. The van der Waals surface area contributed by atoms with Crippen molar-refractivity contribution in [1.82, 2.24) is 14.5 Å². The van der Waals surface area contributed by atoms with Crippen LogP contribution in [-0.2, 0) is 17.9 Å². The van der Waals surface area contributed by atoms with Crippen LogP contribution in [0, 0.1) is 0 Å². The van der Waals surface area contributed by atoms with E-state index in [0.717, 1.165) is 30.3 Å². The number of para-hydroxylation sites is 2. The number of benzene rings is 1. The molecule has 5 nitrogen and oxygen atoms in total. The molecule has 1 N–H and O–H groups in total. The highest BCUT2D eigenvalue weighted by molar-refractivity contribution is 5.80. The lowest BCUT2D eigenvalue weighted by Gasteiger charge is -2.06. The van der Waals surface area contributed by atoms with Crippen LogP contribution < -0.4 is 11.0 Å². The first-order valence-corrected chi connectivity index (χ1v) is 8.63. The van der Waals surface area contributed by atoms with Crippen LogP contribution in [0.25, 0.3) is 11.0 Å². The van der Waals surface area contributed by atoms with Crippen molar-refractivity contribution in [2.45, 2.75) is 59.0 Å². The van der Waals surface area contributed by atoms with Crippen LogP contribution in [0.4, 0.5) is 0 Å². The Morgan fingerprint density at radius 1 is 1.00 bits per heavy atom. The van der Waals surface area contributed by atoms with Gasteiger partial charge in [0.1, 0.15) is 6.54 Å². The molecule has 2 aromatic rings. The van der Waals surface area contributed by atoms with E-state index in [1.165, 1.54) is 12.8 Å². The number of amides is 1. The molecule has 1 aromatic carbocycles. The molecule has 23 heavy (non-hydrogen) atoms. The minimum absolute atomic E-state index is 0.0871. The topological polar surface area (TPSA) is 56.0 Å². The summed E-state index contributed by atoms with van der Waals surface area (Å²) in [6.07, 6.45) is 5.39. The van der Waals surface area contributed by atoms with Crippen LogP contribution in [0.5, 0.6) is 0 Å². The summed E-state index contributed by atoms with van der Waals surface area (Å²) in [5, 5.41) is 2.92. The molecule has 0 saturated carbocycles. The van der Waals surface area contributed by atoms with Crippen molar-refractivity contribution in [3.63, 3.8) is 0 Å². The first-order valence-electron chi connectivity index (χ1n) is 8.63. The lowest BCUT2D eigenvalue weighted by atomic mass is 10.2. The molecule has 1 heterocycles. The summed E-state index contributed by atoms with van der Waals surface area (Å²) in [5.41, 5.74) is 1.62. The fourth-order valence-electron chi connectivity index (χ4n) is 2.84. The molecule has 0 aliphatic carbocycles. The van der Waals surface area contributed by atoms with Crippen molar-refractivity contribution in [3.05, 3.63) is 34.7 Å². The molecule has 1 amide bonds. The molecule has 0 radical (unpaired) electrons. The van der Waals surface area contributed by atoms with E-state index < -0.39 is 0 Å². The van der Waals surface area contributed by atoms with Gasteiger partial charge in [0.15, 0.2) is 0 Å². The number of rotatable bonds is 9. The summed E-state index contributed by atoms with van der Waals surface area (Å²) >= 11 is 0. The van der Waals surface area contributed by atoms with Crippen molar-refractivity contribution in [3.8, 4) is 0 Å². The van der Waals surface area contributed by atoms with Gasteiger partial charge in [-0.05, 0) is 25.0 Å². The number of imidazole rings is 1. The van der Waals surface area contributed by atoms with E-state index in [2.05, 4.69) is 12.2 Å². The van der Waals surface area contributed by atoms with Crippen LogP contribution in [-0.4, -0.2) is 21.6 Å². The fourth-order valence-corrected chi connectivity index (χ4v) is 2.84. The number of carbonyl (C=O) groups is 1. The van der Waals surface area contributed by atoms with Gasteiger partial charge in [-0.15, -0.1) is 0 Å². The molecule has 0 atom stereocenters. The van der Waals surface area contributed by atoms with Crippen molar-refractivity contribution in [2.24, 2.45) is 0 Å². The van der Waals surface area contributed by atoms with Gasteiger partial charge in [-0.25, -0.2) is 4.79 Å². The molecule has 126 valence electrons. The highest BCUT2D eigenvalue weighted by Crippen LogP contribution is 2.13. The van der Waals surface area contributed by atoms with Crippen LogP contribution in [0.3, 0.4) is 0 Å². The second-order valence-electron chi connectivity index (χ2n) is 5.92. The molecule has 0 spiro atoms. The van der Waals surface area contributed by atoms with Gasteiger partial charge in [-0.3, -0.25) is 13.9 Å². The quantitative estimate of drug-likeness (QED) is 0.723. The molecular formula is C18H27N3O2. The molecule has 0 aliphatic rings. The fraction of sp³-hybridized carbons (Fsp3) is 0.556. The van der Waals surface area contributed by atoms with Crippen molar-refractivity contribution in [2.75, 3.05) is 6.54 Å².